The summed E-state index contributed by atoms with van der Waals surface area (Å²) in [6.07, 6.45) is 6.40. The van der Waals surface area contributed by atoms with Crippen molar-refractivity contribution >= 4 is 5.91 Å². The summed E-state index contributed by atoms with van der Waals surface area (Å²) in [6, 6.07) is 0.998. The molecule has 0 radical (unpaired) electrons. The Morgan fingerprint density at radius 3 is 2.35 bits per heavy atom. The summed E-state index contributed by atoms with van der Waals surface area (Å²) in [5.74, 6) is 0.118. The van der Waals surface area contributed by atoms with Crippen LogP contribution in [0.3, 0.4) is 0 Å². The number of likely N-dealkylation sites (N-methyl/N-ethyl adjacent to an activating group) is 1. The maximum atomic E-state index is 12.6. The predicted octanol–water partition coefficient (Wildman–Crippen LogP) is 2.57. The number of methoxy groups -OCH3 is 1. The third-order valence-corrected chi connectivity index (χ3v) is 4.83. The maximum absolute atomic E-state index is 12.6. The Balaban J connectivity index is 2.50. The van der Waals surface area contributed by atoms with Gasteiger partial charge in [0.15, 0.2) is 0 Å². The number of carbonyl (C=O) groups excluding carboxylic acids is 1. The van der Waals surface area contributed by atoms with Crippen LogP contribution in [0.15, 0.2) is 0 Å². The van der Waals surface area contributed by atoms with Crippen molar-refractivity contribution in [2.45, 2.75) is 77.0 Å². The molecular weight excluding hydrogens is 252 g/mol. The normalized spacial score (nSPS) is 26.1. The molecule has 0 aliphatic heterocycles. The Bertz CT molecular complexity index is 295. The van der Waals surface area contributed by atoms with Gasteiger partial charge in [0, 0.05) is 26.2 Å². The lowest BCUT2D eigenvalue weighted by Crippen LogP contribution is -2.51. The van der Waals surface area contributed by atoms with E-state index in [9.17, 15) is 4.79 Å². The van der Waals surface area contributed by atoms with Gasteiger partial charge in [0.2, 0.25) is 0 Å². The molecule has 1 amide bonds. The first-order valence-corrected chi connectivity index (χ1v) is 8.04. The van der Waals surface area contributed by atoms with Crippen molar-refractivity contribution in [2.75, 3.05) is 20.7 Å². The van der Waals surface area contributed by atoms with Gasteiger partial charge < -0.3 is 15.0 Å². The minimum atomic E-state index is -0.675. The largest absolute Gasteiger partial charge is 0.369 e. The molecule has 1 aliphatic rings. The predicted molar refractivity (Wildman–Crippen MR) is 82.8 cm³/mol. The molecule has 118 valence electrons. The van der Waals surface area contributed by atoms with E-state index >= 15 is 0 Å². The number of nitrogens with one attached hydrogen (secondary N) is 1. The minimum Gasteiger partial charge on any atom is -0.369 e. The molecule has 0 bridgehead atoms. The van der Waals surface area contributed by atoms with E-state index in [1.54, 1.807) is 7.11 Å². The molecule has 0 aromatic carbocycles. The molecule has 1 atom stereocenters. The zero-order valence-electron chi connectivity index (χ0n) is 13.9. The van der Waals surface area contributed by atoms with Gasteiger partial charge in [-0.15, -0.1) is 0 Å². The molecule has 1 unspecified atom stereocenters. The van der Waals surface area contributed by atoms with Gasteiger partial charge in [0.1, 0.15) is 5.60 Å². The second kappa shape index (κ2) is 7.99. The zero-order valence-corrected chi connectivity index (χ0v) is 13.9. The van der Waals surface area contributed by atoms with E-state index in [0.717, 1.165) is 32.2 Å². The average Bonchev–Trinajstić information content (AvgIpc) is 2.51. The van der Waals surface area contributed by atoms with Crippen LogP contribution < -0.4 is 5.32 Å². The van der Waals surface area contributed by atoms with E-state index in [2.05, 4.69) is 12.2 Å². The quantitative estimate of drug-likeness (QED) is 0.781. The molecule has 0 aromatic heterocycles. The van der Waals surface area contributed by atoms with E-state index < -0.39 is 5.60 Å². The van der Waals surface area contributed by atoms with Crippen molar-refractivity contribution in [1.29, 1.82) is 0 Å². The Morgan fingerprint density at radius 2 is 1.90 bits per heavy atom. The summed E-state index contributed by atoms with van der Waals surface area (Å²) in [5, 5.41) is 3.58. The van der Waals surface area contributed by atoms with E-state index in [1.807, 2.05) is 25.8 Å². The van der Waals surface area contributed by atoms with Gasteiger partial charge in [-0.05, 0) is 52.0 Å². The highest BCUT2D eigenvalue weighted by atomic mass is 16.5. The number of hydrogen-bond acceptors (Lipinski definition) is 3. The van der Waals surface area contributed by atoms with Crippen LogP contribution >= 0.6 is 0 Å². The molecule has 20 heavy (non-hydrogen) atoms. The van der Waals surface area contributed by atoms with E-state index in [4.69, 9.17) is 4.74 Å². The topological polar surface area (TPSA) is 41.6 Å². The summed E-state index contributed by atoms with van der Waals surface area (Å²) < 4.78 is 5.43. The standard InChI is InChI=1S/C16H32N2O2/c1-6-12-17-13-8-10-14(11-9-13)18(4)15(19)16(3,7-2)20-5/h13-14,17H,6-12H2,1-5H3. The first-order valence-electron chi connectivity index (χ1n) is 8.04. The summed E-state index contributed by atoms with van der Waals surface area (Å²) >= 11 is 0. The van der Waals surface area contributed by atoms with E-state index in [-0.39, 0.29) is 5.91 Å². The van der Waals surface area contributed by atoms with Gasteiger partial charge in [-0.3, -0.25) is 4.79 Å². The molecule has 0 heterocycles. The Hall–Kier alpha value is -0.610. The van der Waals surface area contributed by atoms with Gasteiger partial charge in [0.05, 0.1) is 0 Å². The van der Waals surface area contributed by atoms with Gasteiger partial charge >= 0.3 is 0 Å². The Labute approximate surface area is 124 Å². The van der Waals surface area contributed by atoms with Crippen LogP contribution in [-0.2, 0) is 9.53 Å². The fourth-order valence-corrected chi connectivity index (χ4v) is 2.94. The van der Waals surface area contributed by atoms with Crippen molar-refractivity contribution in [3.8, 4) is 0 Å². The number of carbonyl (C=O) groups is 1. The van der Waals surface area contributed by atoms with Crippen LogP contribution in [0.2, 0.25) is 0 Å². The highest BCUT2D eigenvalue weighted by molar-refractivity contribution is 5.84. The third-order valence-electron chi connectivity index (χ3n) is 4.83. The monoisotopic (exact) mass is 284 g/mol. The lowest BCUT2D eigenvalue weighted by Gasteiger charge is -2.39. The van der Waals surface area contributed by atoms with E-state index in [0.29, 0.717) is 18.5 Å². The summed E-state index contributed by atoms with van der Waals surface area (Å²) in [5.41, 5.74) is -0.675. The second-order valence-electron chi connectivity index (χ2n) is 6.16. The van der Waals surface area contributed by atoms with Gasteiger partial charge in [-0.25, -0.2) is 0 Å². The van der Waals surface area contributed by atoms with E-state index in [1.165, 1.54) is 6.42 Å². The smallest absolute Gasteiger partial charge is 0.254 e. The van der Waals surface area contributed by atoms with Crippen LogP contribution in [-0.4, -0.2) is 49.2 Å². The fourth-order valence-electron chi connectivity index (χ4n) is 2.94. The zero-order chi connectivity index (χ0) is 15.2. The van der Waals surface area contributed by atoms with Crippen molar-refractivity contribution in [3.05, 3.63) is 0 Å². The molecule has 4 heteroatoms. The summed E-state index contributed by atoms with van der Waals surface area (Å²) in [7, 11) is 3.56. The highest BCUT2D eigenvalue weighted by Crippen LogP contribution is 2.26. The first-order chi connectivity index (χ1) is 9.48. The van der Waals surface area contributed by atoms with Gasteiger partial charge in [0.25, 0.3) is 5.91 Å². The molecule has 1 aliphatic carbocycles. The SMILES string of the molecule is CCCNC1CCC(N(C)C(=O)C(C)(CC)OC)CC1. The molecule has 4 nitrogen and oxygen atoms in total. The minimum absolute atomic E-state index is 0.118. The van der Waals surface area contributed by atoms with Crippen LogP contribution in [0, 0.1) is 0 Å². The lowest BCUT2D eigenvalue weighted by atomic mass is 9.89. The van der Waals surface area contributed by atoms with Crippen molar-refractivity contribution in [2.24, 2.45) is 0 Å². The van der Waals surface area contributed by atoms with Gasteiger partial charge in [-0.2, -0.15) is 0 Å². The molecular formula is C16H32N2O2. The molecule has 1 fully saturated rings. The lowest BCUT2D eigenvalue weighted by molar-refractivity contribution is -0.154. The Kier molecular flexibility index (Phi) is 6.96. The highest BCUT2D eigenvalue weighted by Gasteiger charge is 2.37. The number of rotatable bonds is 7. The number of ether oxygens (including phenoxy) is 1. The Morgan fingerprint density at radius 1 is 1.30 bits per heavy atom. The van der Waals surface area contributed by atoms with Crippen LogP contribution in [0.25, 0.3) is 0 Å². The van der Waals surface area contributed by atoms with Crippen molar-refractivity contribution in [3.63, 3.8) is 0 Å². The summed E-state index contributed by atoms with van der Waals surface area (Å²) in [6.45, 7) is 7.18. The molecule has 0 aromatic rings. The van der Waals surface area contributed by atoms with Crippen LogP contribution in [0.4, 0.5) is 0 Å². The number of amides is 1. The van der Waals surface area contributed by atoms with Crippen LogP contribution in [0.5, 0.6) is 0 Å². The molecule has 1 N–H and O–H groups in total. The number of nitrogens with zero attached hydrogens (tertiary/aromatic N) is 1. The maximum Gasteiger partial charge on any atom is 0.254 e. The summed E-state index contributed by atoms with van der Waals surface area (Å²) in [4.78, 5) is 14.5. The average molecular weight is 284 g/mol. The van der Waals surface area contributed by atoms with Crippen molar-refractivity contribution in [1.82, 2.24) is 10.2 Å². The molecule has 1 rings (SSSR count). The second-order valence-corrected chi connectivity index (χ2v) is 6.16. The fraction of sp³-hybridized carbons (Fsp3) is 0.938. The van der Waals surface area contributed by atoms with Gasteiger partial charge in [-0.1, -0.05) is 13.8 Å². The van der Waals surface area contributed by atoms with Crippen LogP contribution in [0.1, 0.15) is 59.3 Å². The third kappa shape index (κ3) is 4.19. The molecule has 1 saturated carbocycles. The first kappa shape index (κ1) is 17.4. The molecule has 0 spiro atoms. The van der Waals surface area contributed by atoms with Crippen molar-refractivity contribution < 1.29 is 9.53 Å². The number of hydrogen-bond donors (Lipinski definition) is 1. The molecule has 0 saturated heterocycles.